The Hall–Kier alpha value is -2.63. The lowest BCUT2D eigenvalue weighted by Gasteiger charge is -2.11. The van der Waals surface area contributed by atoms with Gasteiger partial charge in [-0.15, -0.1) is 0 Å². The SMILES string of the molecule is NC(=O)C(=O)c1c(C2CC2)c(C(=O)C2CCCC2)n2cccc(O)c12. The van der Waals surface area contributed by atoms with Crippen LogP contribution in [0.25, 0.3) is 5.52 Å². The van der Waals surface area contributed by atoms with Crippen LogP contribution in [0.15, 0.2) is 18.3 Å². The molecule has 2 aliphatic rings. The van der Waals surface area contributed by atoms with Crippen LogP contribution in [0.5, 0.6) is 5.75 Å². The molecule has 2 aliphatic carbocycles. The molecule has 2 saturated carbocycles. The fraction of sp³-hybridized carbons (Fsp3) is 0.421. The van der Waals surface area contributed by atoms with E-state index in [1.54, 1.807) is 16.7 Å². The van der Waals surface area contributed by atoms with Gasteiger partial charge in [-0.2, -0.15) is 0 Å². The number of primary amides is 1. The van der Waals surface area contributed by atoms with Gasteiger partial charge in [-0.1, -0.05) is 12.8 Å². The third kappa shape index (κ3) is 2.44. The largest absolute Gasteiger partial charge is 0.506 e. The molecule has 0 unspecified atom stereocenters. The number of fused-ring (bicyclic) bond motifs is 1. The fourth-order valence-electron chi connectivity index (χ4n) is 4.06. The van der Waals surface area contributed by atoms with Gasteiger partial charge in [-0.25, -0.2) is 0 Å². The van der Waals surface area contributed by atoms with Crippen LogP contribution in [-0.4, -0.2) is 27.0 Å². The normalized spacial score (nSPS) is 17.9. The second kappa shape index (κ2) is 5.72. The van der Waals surface area contributed by atoms with Gasteiger partial charge < -0.3 is 15.2 Å². The van der Waals surface area contributed by atoms with E-state index in [0.717, 1.165) is 38.5 Å². The molecule has 0 spiro atoms. The molecule has 0 bridgehead atoms. The Morgan fingerprint density at radius 1 is 1.12 bits per heavy atom. The number of hydrogen-bond donors (Lipinski definition) is 2. The van der Waals surface area contributed by atoms with Crippen LogP contribution in [0.4, 0.5) is 0 Å². The topological polar surface area (TPSA) is 102 Å². The number of aromatic hydroxyl groups is 1. The van der Waals surface area contributed by atoms with Gasteiger partial charge in [-0.3, -0.25) is 14.4 Å². The van der Waals surface area contributed by atoms with Gasteiger partial charge in [0.15, 0.2) is 5.78 Å². The van der Waals surface area contributed by atoms with E-state index in [2.05, 4.69) is 0 Å². The van der Waals surface area contributed by atoms with E-state index in [1.807, 2.05) is 0 Å². The van der Waals surface area contributed by atoms with E-state index in [1.165, 1.54) is 6.07 Å². The van der Waals surface area contributed by atoms with Crippen molar-refractivity contribution >= 4 is 23.0 Å². The number of rotatable bonds is 5. The Kier molecular flexibility index (Phi) is 3.63. The van der Waals surface area contributed by atoms with Crippen molar-refractivity contribution in [1.29, 1.82) is 0 Å². The van der Waals surface area contributed by atoms with Crippen LogP contribution < -0.4 is 5.73 Å². The highest BCUT2D eigenvalue weighted by Gasteiger charge is 2.40. The van der Waals surface area contributed by atoms with Crippen molar-refractivity contribution in [2.45, 2.75) is 44.4 Å². The van der Waals surface area contributed by atoms with Gasteiger partial charge in [0.2, 0.25) is 0 Å². The van der Waals surface area contributed by atoms with Crippen LogP contribution in [0, 0.1) is 5.92 Å². The van der Waals surface area contributed by atoms with Crippen LogP contribution >= 0.6 is 0 Å². The second-order valence-electron chi connectivity index (χ2n) is 7.06. The summed E-state index contributed by atoms with van der Waals surface area (Å²) >= 11 is 0. The zero-order chi connectivity index (χ0) is 17.7. The number of Topliss-reactive ketones (excluding diaryl/α,β-unsaturated/α-hetero) is 2. The summed E-state index contributed by atoms with van der Waals surface area (Å²) in [5, 5.41) is 10.3. The minimum Gasteiger partial charge on any atom is -0.506 e. The van der Waals surface area contributed by atoms with Gasteiger partial charge in [0.05, 0.1) is 16.8 Å². The van der Waals surface area contributed by atoms with Crippen molar-refractivity contribution < 1.29 is 19.5 Å². The van der Waals surface area contributed by atoms with E-state index in [0.29, 0.717) is 11.3 Å². The van der Waals surface area contributed by atoms with Gasteiger partial charge in [0, 0.05) is 12.1 Å². The quantitative estimate of drug-likeness (QED) is 0.645. The number of hydrogen-bond acceptors (Lipinski definition) is 4. The minimum absolute atomic E-state index is 0.00326. The average molecular weight is 340 g/mol. The van der Waals surface area contributed by atoms with E-state index < -0.39 is 11.7 Å². The highest BCUT2D eigenvalue weighted by atomic mass is 16.3. The first kappa shape index (κ1) is 15.9. The summed E-state index contributed by atoms with van der Waals surface area (Å²) in [5.41, 5.74) is 6.61. The molecule has 25 heavy (non-hydrogen) atoms. The molecule has 0 aliphatic heterocycles. The number of carbonyl (C=O) groups excluding carboxylic acids is 3. The summed E-state index contributed by atoms with van der Waals surface area (Å²) in [6.07, 6.45) is 7.12. The third-order valence-corrected chi connectivity index (χ3v) is 5.37. The molecule has 2 heterocycles. The van der Waals surface area contributed by atoms with Crippen LogP contribution in [-0.2, 0) is 4.79 Å². The summed E-state index contributed by atoms with van der Waals surface area (Å²) in [6.45, 7) is 0. The average Bonchev–Trinajstić information content (AvgIpc) is 3.16. The molecule has 2 aromatic rings. The molecule has 6 heteroatoms. The van der Waals surface area contributed by atoms with Crippen LogP contribution in [0.1, 0.15) is 70.9 Å². The standard InChI is InChI=1S/C19H20N2O4/c20-19(25)18(24)14-13(10-7-8-10)16(17(23)11-4-1-2-5-11)21-9-3-6-12(22)15(14)21/h3,6,9-11,22H,1-2,4-5,7-8H2,(H2,20,25). The lowest BCUT2D eigenvalue weighted by atomic mass is 9.93. The molecule has 0 atom stereocenters. The molecule has 3 N–H and O–H groups in total. The smallest absolute Gasteiger partial charge is 0.289 e. The number of ketones is 2. The number of nitrogens with zero attached hydrogens (tertiary/aromatic N) is 1. The first-order valence-corrected chi connectivity index (χ1v) is 8.75. The highest BCUT2D eigenvalue weighted by Crippen LogP contribution is 2.47. The maximum atomic E-state index is 13.2. The van der Waals surface area contributed by atoms with Gasteiger partial charge in [0.1, 0.15) is 5.75 Å². The number of aromatic nitrogens is 1. The Morgan fingerprint density at radius 3 is 2.40 bits per heavy atom. The summed E-state index contributed by atoms with van der Waals surface area (Å²) in [7, 11) is 0. The first-order valence-electron chi connectivity index (χ1n) is 8.75. The predicted octanol–water partition coefficient (Wildman–Crippen LogP) is 2.56. The Morgan fingerprint density at radius 2 is 1.80 bits per heavy atom. The minimum atomic E-state index is -1.07. The van der Waals surface area contributed by atoms with Crippen molar-refractivity contribution in [1.82, 2.24) is 4.40 Å². The van der Waals surface area contributed by atoms with Gasteiger partial charge in [-0.05, 0) is 49.3 Å². The molecule has 2 aromatic heterocycles. The van der Waals surface area contributed by atoms with E-state index in [4.69, 9.17) is 5.73 Å². The van der Waals surface area contributed by atoms with E-state index in [-0.39, 0.29) is 34.4 Å². The molecule has 0 aromatic carbocycles. The monoisotopic (exact) mass is 340 g/mol. The summed E-state index contributed by atoms with van der Waals surface area (Å²) in [6, 6.07) is 3.08. The second-order valence-corrected chi connectivity index (χ2v) is 7.06. The predicted molar refractivity (Wildman–Crippen MR) is 90.9 cm³/mol. The van der Waals surface area contributed by atoms with Crippen molar-refractivity contribution in [2.75, 3.05) is 0 Å². The van der Waals surface area contributed by atoms with Crippen molar-refractivity contribution in [3.05, 3.63) is 35.2 Å². The van der Waals surface area contributed by atoms with Crippen molar-refractivity contribution in [3.8, 4) is 5.75 Å². The number of amides is 1. The number of nitrogens with two attached hydrogens (primary N) is 1. The molecular weight excluding hydrogens is 320 g/mol. The van der Waals surface area contributed by atoms with Gasteiger partial charge >= 0.3 is 0 Å². The lowest BCUT2D eigenvalue weighted by Crippen LogP contribution is -2.24. The Bertz CT molecular complexity index is 902. The van der Waals surface area contributed by atoms with Crippen molar-refractivity contribution in [2.24, 2.45) is 11.7 Å². The Labute approximate surface area is 144 Å². The lowest BCUT2D eigenvalue weighted by molar-refractivity contribution is -0.114. The molecular formula is C19H20N2O4. The Balaban J connectivity index is 2.03. The van der Waals surface area contributed by atoms with Crippen molar-refractivity contribution in [3.63, 3.8) is 0 Å². The first-order chi connectivity index (χ1) is 12.0. The van der Waals surface area contributed by atoms with E-state index >= 15 is 0 Å². The molecule has 0 saturated heterocycles. The molecule has 2 fully saturated rings. The summed E-state index contributed by atoms with van der Waals surface area (Å²) < 4.78 is 1.58. The van der Waals surface area contributed by atoms with Gasteiger partial charge in [0.25, 0.3) is 11.7 Å². The zero-order valence-corrected chi connectivity index (χ0v) is 13.8. The number of pyridine rings is 1. The summed E-state index contributed by atoms with van der Waals surface area (Å²) in [4.78, 5) is 37.3. The van der Waals surface area contributed by atoms with Crippen LogP contribution in [0.2, 0.25) is 0 Å². The van der Waals surface area contributed by atoms with Crippen LogP contribution in [0.3, 0.4) is 0 Å². The summed E-state index contributed by atoms with van der Waals surface area (Å²) in [5.74, 6) is -2.03. The molecule has 6 nitrogen and oxygen atoms in total. The molecule has 1 amide bonds. The maximum absolute atomic E-state index is 13.2. The molecule has 130 valence electrons. The number of carbonyl (C=O) groups is 3. The fourth-order valence-corrected chi connectivity index (χ4v) is 4.06. The van der Waals surface area contributed by atoms with E-state index in [9.17, 15) is 19.5 Å². The third-order valence-electron chi connectivity index (χ3n) is 5.37. The molecule has 4 rings (SSSR count). The maximum Gasteiger partial charge on any atom is 0.289 e. The highest BCUT2D eigenvalue weighted by molar-refractivity contribution is 6.44. The molecule has 0 radical (unpaired) electrons. The zero-order valence-electron chi connectivity index (χ0n) is 13.8.